The molecule has 1 heterocycles. The van der Waals surface area contributed by atoms with E-state index >= 15 is 0 Å². The van der Waals surface area contributed by atoms with Crippen molar-refractivity contribution in [2.45, 2.75) is 0 Å². The minimum absolute atomic E-state index is 0.307. The number of allylic oxidation sites excluding steroid dienone is 1. The van der Waals surface area contributed by atoms with Crippen LogP contribution in [-0.2, 0) is 0 Å². The van der Waals surface area contributed by atoms with Crippen molar-refractivity contribution in [3.05, 3.63) is 41.7 Å². The van der Waals surface area contributed by atoms with Gasteiger partial charge in [0.25, 0.3) is 0 Å². The first-order valence-corrected chi connectivity index (χ1v) is 4.31. The lowest BCUT2D eigenvalue weighted by Gasteiger charge is -1.92. The summed E-state index contributed by atoms with van der Waals surface area (Å²) in [6, 6.07) is 11.5. The van der Waals surface area contributed by atoms with Crippen molar-refractivity contribution in [2.24, 2.45) is 0 Å². The summed E-state index contributed by atoms with van der Waals surface area (Å²) in [6.45, 7) is 0. The van der Waals surface area contributed by atoms with Crippen LogP contribution in [0.25, 0.3) is 11.6 Å². The lowest BCUT2D eigenvalue weighted by molar-refractivity contribution is 0.881. The number of H-pyrrole nitrogens is 1. The average Bonchev–Trinajstić information content (AvgIpc) is 2.81. The van der Waals surface area contributed by atoms with Crippen LogP contribution in [-0.4, -0.2) is 20.6 Å². The first kappa shape index (κ1) is 9.09. The molecule has 2 aromatic rings. The number of nitriles is 1. The molecule has 1 N–H and O–H groups in total. The van der Waals surface area contributed by atoms with Crippen molar-refractivity contribution in [2.75, 3.05) is 0 Å². The van der Waals surface area contributed by atoms with Crippen molar-refractivity contribution in [3.8, 4) is 6.07 Å². The molecule has 15 heavy (non-hydrogen) atoms. The highest BCUT2D eigenvalue weighted by Crippen LogP contribution is 2.12. The van der Waals surface area contributed by atoms with Crippen molar-refractivity contribution in [1.82, 2.24) is 20.6 Å². The van der Waals surface area contributed by atoms with E-state index in [9.17, 15) is 0 Å². The van der Waals surface area contributed by atoms with Crippen LogP contribution >= 0.6 is 0 Å². The van der Waals surface area contributed by atoms with Crippen LogP contribution < -0.4 is 0 Å². The summed E-state index contributed by atoms with van der Waals surface area (Å²) in [5, 5.41) is 22.1. The van der Waals surface area contributed by atoms with Crippen LogP contribution in [0.4, 0.5) is 0 Å². The van der Waals surface area contributed by atoms with E-state index in [-0.39, 0.29) is 0 Å². The van der Waals surface area contributed by atoms with Gasteiger partial charge in [-0.2, -0.15) is 10.5 Å². The fourth-order valence-corrected chi connectivity index (χ4v) is 1.14. The number of hydrogen-bond donors (Lipinski definition) is 1. The van der Waals surface area contributed by atoms with Crippen molar-refractivity contribution in [1.29, 1.82) is 5.26 Å². The normalized spacial score (nSPS) is 11.0. The predicted molar refractivity (Wildman–Crippen MR) is 54.1 cm³/mol. The summed E-state index contributed by atoms with van der Waals surface area (Å²) in [7, 11) is 0. The molecule has 1 aromatic heterocycles. The van der Waals surface area contributed by atoms with Gasteiger partial charge in [0, 0.05) is 0 Å². The zero-order chi connectivity index (χ0) is 10.5. The SMILES string of the molecule is N#CC(=Cc1ccccc1)c1nn[nH]n1. The first-order valence-electron chi connectivity index (χ1n) is 4.31. The summed E-state index contributed by atoms with van der Waals surface area (Å²) in [4.78, 5) is 0. The lowest BCUT2D eigenvalue weighted by Crippen LogP contribution is -1.85. The minimum atomic E-state index is 0.307. The molecule has 1 aromatic carbocycles. The smallest absolute Gasteiger partial charge is 0.192 e. The maximum absolute atomic E-state index is 8.92. The summed E-state index contributed by atoms with van der Waals surface area (Å²) in [6.07, 6.45) is 1.71. The topological polar surface area (TPSA) is 78.2 Å². The summed E-state index contributed by atoms with van der Waals surface area (Å²) < 4.78 is 0. The highest BCUT2D eigenvalue weighted by molar-refractivity contribution is 5.86. The minimum Gasteiger partial charge on any atom is -0.192 e. The second-order valence-corrected chi connectivity index (χ2v) is 2.82. The lowest BCUT2D eigenvalue weighted by atomic mass is 10.1. The Labute approximate surface area is 86.1 Å². The predicted octanol–water partition coefficient (Wildman–Crippen LogP) is 1.26. The number of tetrazole rings is 1. The highest BCUT2D eigenvalue weighted by Gasteiger charge is 2.04. The van der Waals surface area contributed by atoms with E-state index in [1.165, 1.54) is 0 Å². The maximum atomic E-state index is 8.92. The van der Waals surface area contributed by atoms with E-state index in [1.54, 1.807) is 6.08 Å². The number of aromatic amines is 1. The highest BCUT2D eigenvalue weighted by atomic mass is 15.5. The van der Waals surface area contributed by atoms with E-state index in [1.807, 2.05) is 36.4 Å². The molecule has 0 saturated heterocycles. The summed E-state index contributed by atoms with van der Waals surface area (Å²) >= 11 is 0. The van der Waals surface area contributed by atoms with Crippen molar-refractivity contribution in [3.63, 3.8) is 0 Å². The van der Waals surface area contributed by atoms with Gasteiger partial charge in [-0.1, -0.05) is 30.3 Å². The van der Waals surface area contributed by atoms with Crippen LogP contribution in [0.15, 0.2) is 30.3 Å². The third-order valence-corrected chi connectivity index (χ3v) is 1.82. The Morgan fingerprint density at radius 2 is 2.13 bits per heavy atom. The number of nitrogens with one attached hydrogen (secondary N) is 1. The van der Waals surface area contributed by atoms with Gasteiger partial charge in [-0.25, -0.2) is 0 Å². The third-order valence-electron chi connectivity index (χ3n) is 1.82. The Kier molecular flexibility index (Phi) is 2.52. The quantitative estimate of drug-likeness (QED) is 0.735. The molecular weight excluding hydrogens is 190 g/mol. The number of rotatable bonds is 2. The molecule has 0 fully saturated rings. The van der Waals surface area contributed by atoms with Crippen LogP contribution in [0.2, 0.25) is 0 Å². The van der Waals surface area contributed by atoms with Crippen molar-refractivity contribution < 1.29 is 0 Å². The monoisotopic (exact) mass is 197 g/mol. The van der Waals surface area contributed by atoms with Gasteiger partial charge < -0.3 is 0 Å². The molecule has 0 bridgehead atoms. The fraction of sp³-hybridized carbons (Fsp3) is 0. The van der Waals surface area contributed by atoms with Gasteiger partial charge >= 0.3 is 0 Å². The van der Waals surface area contributed by atoms with Crippen LogP contribution in [0.1, 0.15) is 11.4 Å². The standard InChI is InChI=1S/C10H7N5/c11-7-9(10-12-14-15-13-10)6-8-4-2-1-3-5-8/h1-6H,(H,12,13,14,15). The van der Waals surface area contributed by atoms with Gasteiger partial charge in [0.15, 0.2) is 0 Å². The van der Waals surface area contributed by atoms with E-state index in [0.29, 0.717) is 11.4 Å². The van der Waals surface area contributed by atoms with Gasteiger partial charge in [0.2, 0.25) is 5.82 Å². The molecule has 0 spiro atoms. The van der Waals surface area contributed by atoms with Gasteiger partial charge in [-0.3, -0.25) is 0 Å². The maximum Gasteiger partial charge on any atom is 0.215 e. The largest absolute Gasteiger partial charge is 0.215 e. The number of aromatic nitrogens is 4. The van der Waals surface area contributed by atoms with Crippen LogP contribution in [0.5, 0.6) is 0 Å². The van der Waals surface area contributed by atoms with Gasteiger partial charge in [-0.15, -0.1) is 10.2 Å². The molecule has 0 unspecified atom stereocenters. The van der Waals surface area contributed by atoms with E-state index in [4.69, 9.17) is 5.26 Å². The Balaban J connectivity index is 2.37. The molecule has 5 heteroatoms. The van der Waals surface area contributed by atoms with Crippen LogP contribution in [0, 0.1) is 11.3 Å². The number of nitrogens with zero attached hydrogens (tertiary/aromatic N) is 4. The Morgan fingerprint density at radius 3 is 2.73 bits per heavy atom. The summed E-state index contributed by atoms with van der Waals surface area (Å²) in [5.74, 6) is 0.307. The molecule has 0 aliphatic carbocycles. The Hall–Kier alpha value is -2.48. The molecule has 0 aliphatic rings. The zero-order valence-corrected chi connectivity index (χ0v) is 7.75. The molecular formula is C10H7N5. The van der Waals surface area contributed by atoms with Gasteiger partial charge in [0.05, 0.1) is 0 Å². The molecule has 0 aliphatic heterocycles. The molecule has 0 atom stereocenters. The van der Waals surface area contributed by atoms with Crippen LogP contribution in [0.3, 0.4) is 0 Å². The van der Waals surface area contributed by atoms with E-state index in [2.05, 4.69) is 20.6 Å². The molecule has 72 valence electrons. The van der Waals surface area contributed by atoms with Gasteiger partial charge in [0.1, 0.15) is 11.6 Å². The Morgan fingerprint density at radius 1 is 1.33 bits per heavy atom. The average molecular weight is 197 g/mol. The number of hydrogen-bond acceptors (Lipinski definition) is 4. The third kappa shape index (κ3) is 2.06. The van der Waals surface area contributed by atoms with E-state index < -0.39 is 0 Å². The fourth-order valence-electron chi connectivity index (χ4n) is 1.14. The molecule has 5 nitrogen and oxygen atoms in total. The van der Waals surface area contributed by atoms with Crippen molar-refractivity contribution >= 4 is 11.6 Å². The molecule has 2 rings (SSSR count). The Bertz CT molecular complexity index is 492. The van der Waals surface area contributed by atoms with E-state index in [0.717, 1.165) is 5.56 Å². The second-order valence-electron chi connectivity index (χ2n) is 2.82. The first-order chi connectivity index (χ1) is 7.40. The number of benzene rings is 1. The molecule has 0 amide bonds. The second kappa shape index (κ2) is 4.15. The summed E-state index contributed by atoms with van der Waals surface area (Å²) in [5.41, 5.74) is 1.31. The molecule has 0 saturated carbocycles. The molecule has 0 radical (unpaired) electrons. The zero-order valence-electron chi connectivity index (χ0n) is 7.75. The van der Waals surface area contributed by atoms with Gasteiger partial charge in [-0.05, 0) is 16.9 Å².